The van der Waals surface area contributed by atoms with Crippen LogP contribution >= 0.6 is 15.9 Å². The average molecular weight is 418 g/mol. The van der Waals surface area contributed by atoms with Gasteiger partial charge in [-0.15, -0.1) is 0 Å². The van der Waals surface area contributed by atoms with Gasteiger partial charge in [0, 0.05) is 25.0 Å². The first-order valence-electron chi connectivity index (χ1n) is 8.61. The van der Waals surface area contributed by atoms with Gasteiger partial charge in [0.25, 0.3) is 0 Å². The summed E-state index contributed by atoms with van der Waals surface area (Å²) in [5, 5.41) is 10.8. The molecule has 26 heavy (non-hydrogen) atoms. The summed E-state index contributed by atoms with van der Waals surface area (Å²) in [6, 6.07) is -0.0515. The molecule has 1 fully saturated rings. The largest absolute Gasteiger partial charge is 0.369 e. The molecule has 0 unspecified atom stereocenters. The van der Waals surface area contributed by atoms with Crippen molar-refractivity contribution < 1.29 is 4.79 Å². The predicted molar refractivity (Wildman–Crippen MR) is 102 cm³/mol. The Hall–Kier alpha value is -2.42. The number of allylic oxidation sites excluding steroid dienone is 1. The minimum absolute atomic E-state index is 0.0515. The number of hydrogen-bond donors (Lipinski definition) is 3. The van der Waals surface area contributed by atoms with Gasteiger partial charge < -0.3 is 16.4 Å². The molecule has 2 aliphatic rings. The monoisotopic (exact) mass is 417 g/mol. The summed E-state index contributed by atoms with van der Waals surface area (Å²) < 4.78 is 2.56. The van der Waals surface area contributed by atoms with Crippen LogP contribution in [0.15, 0.2) is 35.2 Å². The van der Waals surface area contributed by atoms with Crippen LogP contribution in [0, 0.1) is 17.8 Å². The average Bonchev–Trinajstić information content (AvgIpc) is 3.33. The van der Waals surface area contributed by atoms with Gasteiger partial charge in [0.05, 0.1) is 22.3 Å². The van der Waals surface area contributed by atoms with Gasteiger partial charge in [0.2, 0.25) is 11.9 Å². The number of fused-ring (bicyclic) bond motifs is 2. The molecule has 0 saturated heterocycles. The highest BCUT2D eigenvalue weighted by atomic mass is 79.9. The summed E-state index contributed by atoms with van der Waals surface area (Å²) in [6.07, 6.45) is 10.5. The molecule has 1 saturated carbocycles. The molecule has 136 valence electrons. The zero-order valence-electron chi connectivity index (χ0n) is 14.3. The van der Waals surface area contributed by atoms with Crippen LogP contribution in [-0.2, 0) is 11.3 Å². The smallest absolute Gasteiger partial charge is 0.229 e. The molecular formula is C17H20BrN7O. The lowest BCUT2D eigenvalue weighted by molar-refractivity contribution is -0.122. The second-order valence-electron chi connectivity index (χ2n) is 6.65. The van der Waals surface area contributed by atoms with Crippen molar-refractivity contribution in [2.75, 3.05) is 10.6 Å². The summed E-state index contributed by atoms with van der Waals surface area (Å²) in [5.41, 5.74) is 6.45. The van der Waals surface area contributed by atoms with Crippen LogP contribution in [0.1, 0.15) is 13.3 Å². The van der Waals surface area contributed by atoms with E-state index < -0.39 is 0 Å². The van der Waals surface area contributed by atoms with E-state index in [2.05, 4.69) is 53.8 Å². The molecule has 0 aromatic carbocycles. The van der Waals surface area contributed by atoms with E-state index >= 15 is 0 Å². The van der Waals surface area contributed by atoms with Crippen molar-refractivity contribution >= 4 is 39.3 Å². The number of hydrogen-bond acceptors (Lipinski definition) is 6. The van der Waals surface area contributed by atoms with Crippen LogP contribution in [0.2, 0.25) is 0 Å². The summed E-state index contributed by atoms with van der Waals surface area (Å²) in [7, 11) is 0. The van der Waals surface area contributed by atoms with Gasteiger partial charge in [0.1, 0.15) is 5.82 Å². The number of aromatic nitrogens is 4. The Bertz CT molecular complexity index is 865. The van der Waals surface area contributed by atoms with Crippen molar-refractivity contribution in [3.63, 3.8) is 0 Å². The highest BCUT2D eigenvalue weighted by Crippen LogP contribution is 2.45. The lowest BCUT2D eigenvalue weighted by atomic mass is 9.88. The lowest BCUT2D eigenvalue weighted by Gasteiger charge is -2.27. The Kier molecular flexibility index (Phi) is 4.39. The molecule has 4 rings (SSSR count). The Morgan fingerprint density at radius 1 is 1.38 bits per heavy atom. The van der Waals surface area contributed by atoms with E-state index in [1.54, 1.807) is 12.4 Å². The zero-order valence-corrected chi connectivity index (χ0v) is 15.8. The number of nitrogens with one attached hydrogen (secondary N) is 2. The van der Waals surface area contributed by atoms with E-state index in [0.29, 0.717) is 17.7 Å². The van der Waals surface area contributed by atoms with Crippen LogP contribution < -0.4 is 16.4 Å². The second-order valence-corrected chi connectivity index (χ2v) is 7.50. The molecule has 4 N–H and O–H groups in total. The highest BCUT2D eigenvalue weighted by molar-refractivity contribution is 9.10. The van der Waals surface area contributed by atoms with Crippen molar-refractivity contribution in [3.05, 3.63) is 35.2 Å². The molecule has 8 nitrogen and oxygen atoms in total. The van der Waals surface area contributed by atoms with E-state index in [1.807, 2.05) is 17.8 Å². The molecule has 2 heterocycles. The zero-order chi connectivity index (χ0) is 18.3. The van der Waals surface area contributed by atoms with Crippen LogP contribution in [0.3, 0.4) is 0 Å². The maximum atomic E-state index is 11.9. The minimum Gasteiger partial charge on any atom is -0.369 e. The number of anilines is 3. The minimum atomic E-state index is -0.269. The number of nitrogens with two attached hydrogens (primary N) is 1. The molecular weight excluding hydrogens is 398 g/mol. The molecule has 0 spiro atoms. The van der Waals surface area contributed by atoms with Crippen molar-refractivity contribution in [3.8, 4) is 0 Å². The number of halogens is 1. The fourth-order valence-electron chi connectivity index (χ4n) is 3.82. The number of carbonyl (C=O) groups excluding carboxylic acids is 1. The predicted octanol–water partition coefficient (Wildman–Crippen LogP) is 2.29. The van der Waals surface area contributed by atoms with Gasteiger partial charge in [-0.3, -0.25) is 9.48 Å². The van der Waals surface area contributed by atoms with Gasteiger partial charge in [-0.25, -0.2) is 4.98 Å². The Morgan fingerprint density at radius 3 is 2.92 bits per heavy atom. The summed E-state index contributed by atoms with van der Waals surface area (Å²) in [5.74, 6) is 1.12. The standard InChI is InChI=1S/C17H20BrN7O/c1-2-25-8-11(6-21-25)22-17-20-7-12(18)16(24-17)23-14-10-4-3-9(5-10)13(14)15(19)26/h3-4,6-10,13-14H,2,5H2,1H3,(H2,19,26)(H2,20,22,23,24)/t9-,10+,13+,14-/m0/s1. The summed E-state index contributed by atoms with van der Waals surface area (Å²) >= 11 is 3.48. The van der Waals surface area contributed by atoms with Gasteiger partial charge in [-0.05, 0) is 41.1 Å². The number of rotatable bonds is 6. The van der Waals surface area contributed by atoms with E-state index in [1.165, 1.54) is 0 Å². The van der Waals surface area contributed by atoms with Gasteiger partial charge >= 0.3 is 0 Å². The first-order valence-corrected chi connectivity index (χ1v) is 9.40. The molecule has 2 aliphatic carbocycles. The topological polar surface area (TPSA) is 111 Å². The second kappa shape index (κ2) is 6.71. The summed E-state index contributed by atoms with van der Waals surface area (Å²) in [6.45, 7) is 2.82. The highest BCUT2D eigenvalue weighted by Gasteiger charge is 2.47. The summed E-state index contributed by atoms with van der Waals surface area (Å²) in [4.78, 5) is 20.7. The molecule has 0 radical (unpaired) electrons. The van der Waals surface area contributed by atoms with Crippen molar-refractivity contribution in [1.82, 2.24) is 19.7 Å². The van der Waals surface area contributed by atoms with Crippen molar-refractivity contribution in [2.24, 2.45) is 23.5 Å². The third kappa shape index (κ3) is 3.07. The van der Waals surface area contributed by atoms with E-state index in [9.17, 15) is 4.79 Å². The van der Waals surface area contributed by atoms with Gasteiger partial charge in [-0.1, -0.05) is 12.2 Å². The van der Waals surface area contributed by atoms with Crippen molar-refractivity contribution in [2.45, 2.75) is 25.9 Å². The molecule has 1 amide bonds. The first kappa shape index (κ1) is 17.0. The fraction of sp³-hybridized carbons (Fsp3) is 0.412. The Morgan fingerprint density at radius 2 is 2.19 bits per heavy atom. The van der Waals surface area contributed by atoms with E-state index in [0.717, 1.165) is 23.1 Å². The third-order valence-electron chi connectivity index (χ3n) is 5.05. The molecule has 4 atom stereocenters. The molecule has 0 aliphatic heterocycles. The maximum Gasteiger partial charge on any atom is 0.229 e. The SMILES string of the molecule is CCn1cc(Nc2ncc(Br)c(N[C@@H]3[C@H](C(N)=O)[C@H]4C=C[C@@H]3C4)n2)cn1. The molecule has 2 bridgehead atoms. The number of amides is 1. The molecule has 2 aromatic rings. The number of primary amides is 1. The fourth-order valence-corrected chi connectivity index (χ4v) is 4.13. The molecule has 2 aromatic heterocycles. The van der Waals surface area contributed by atoms with Crippen molar-refractivity contribution in [1.29, 1.82) is 0 Å². The lowest BCUT2D eigenvalue weighted by Crippen LogP contribution is -2.41. The first-order chi connectivity index (χ1) is 12.5. The maximum absolute atomic E-state index is 11.9. The van der Waals surface area contributed by atoms with Crippen LogP contribution in [0.25, 0.3) is 0 Å². The van der Waals surface area contributed by atoms with Crippen LogP contribution in [-0.4, -0.2) is 31.7 Å². The number of carbonyl (C=O) groups is 1. The Balaban J connectivity index is 1.55. The number of aryl methyl sites for hydroxylation is 1. The third-order valence-corrected chi connectivity index (χ3v) is 5.63. The van der Waals surface area contributed by atoms with Gasteiger partial charge in [0.15, 0.2) is 0 Å². The Labute approximate surface area is 159 Å². The van der Waals surface area contributed by atoms with Crippen LogP contribution in [0.4, 0.5) is 17.5 Å². The quantitative estimate of drug-likeness (QED) is 0.621. The van der Waals surface area contributed by atoms with E-state index in [-0.39, 0.29) is 23.8 Å². The normalized spacial score (nSPS) is 26.2. The van der Waals surface area contributed by atoms with Crippen LogP contribution in [0.5, 0.6) is 0 Å². The molecule has 9 heteroatoms. The van der Waals surface area contributed by atoms with E-state index in [4.69, 9.17) is 5.73 Å². The van der Waals surface area contributed by atoms with Gasteiger partial charge in [-0.2, -0.15) is 10.1 Å². The number of nitrogens with zero attached hydrogens (tertiary/aromatic N) is 4.